The Bertz CT molecular complexity index is 251. The van der Waals surface area contributed by atoms with E-state index >= 15 is 0 Å². The molecule has 0 heterocycles. The fourth-order valence-electron chi connectivity index (χ4n) is 2.25. The van der Waals surface area contributed by atoms with Gasteiger partial charge in [0.05, 0.1) is 12.1 Å². The lowest BCUT2D eigenvalue weighted by Crippen LogP contribution is -2.40. The summed E-state index contributed by atoms with van der Waals surface area (Å²) in [7, 11) is 0. The van der Waals surface area contributed by atoms with E-state index in [1.807, 2.05) is 0 Å². The third kappa shape index (κ3) is 4.52. The molecule has 0 radical (unpaired) electrons. The predicted molar refractivity (Wildman–Crippen MR) is 65.0 cm³/mol. The highest BCUT2D eigenvalue weighted by molar-refractivity contribution is 5.77. The van der Waals surface area contributed by atoms with Crippen LogP contribution in [-0.2, 0) is 4.79 Å². The second-order valence-corrected chi connectivity index (χ2v) is 6.56. The molecule has 1 aliphatic carbocycles. The van der Waals surface area contributed by atoms with Crippen molar-refractivity contribution in [2.45, 2.75) is 58.9 Å². The van der Waals surface area contributed by atoms with Crippen LogP contribution in [0.3, 0.4) is 0 Å². The van der Waals surface area contributed by atoms with E-state index in [0.717, 1.165) is 19.3 Å². The lowest BCUT2D eigenvalue weighted by molar-refractivity contribution is -0.123. The SMILES string of the molecule is CC(CC(=O)NC1(CO)CC1)CC(C)(C)C. The molecule has 0 aromatic heterocycles. The summed E-state index contributed by atoms with van der Waals surface area (Å²) in [6.07, 6.45) is 3.46. The second-order valence-electron chi connectivity index (χ2n) is 6.56. The van der Waals surface area contributed by atoms with Crippen LogP contribution in [-0.4, -0.2) is 23.2 Å². The van der Waals surface area contributed by atoms with E-state index in [2.05, 4.69) is 33.0 Å². The van der Waals surface area contributed by atoms with Gasteiger partial charge in [0.25, 0.3) is 0 Å². The maximum absolute atomic E-state index is 11.7. The minimum Gasteiger partial charge on any atom is -0.394 e. The van der Waals surface area contributed by atoms with Crippen molar-refractivity contribution in [3.63, 3.8) is 0 Å². The van der Waals surface area contributed by atoms with Crippen molar-refractivity contribution >= 4 is 5.91 Å². The van der Waals surface area contributed by atoms with Crippen molar-refractivity contribution < 1.29 is 9.90 Å². The molecule has 0 aromatic rings. The molecule has 3 nitrogen and oxygen atoms in total. The summed E-state index contributed by atoms with van der Waals surface area (Å²) in [5.41, 5.74) is 0.00643. The first kappa shape index (κ1) is 13.5. The molecule has 1 saturated carbocycles. The van der Waals surface area contributed by atoms with Crippen molar-refractivity contribution in [3.05, 3.63) is 0 Å². The van der Waals surface area contributed by atoms with Crippen molar-refractivity contribution in [3.8, 4) is 0 Å². The van der Waals surface area contributed by atoms with Crippen LogP contribution in [0.5, 0.6) is 0 Å². The molecular weight excluding hydrogens is 202 g/mol. The number of hydrogen-bond acceptors (Lipinski definition) is 2. The molecule has 0 spiro atoms. The fourth-order valence-corrected chi connectivity index (χ4v) is 2.25. The Hall–Kier alpha value is -0.570. The van der Waals surface area contributed by atoms with Gasteiger partial charge in [-0.2, -0.15) is 0 Å². The van der Waals surface area contributed by atoms with E-state index in [9.17, 15) is 4.79 Å². The van der Waals surface area contributed by atoms with Gasteiger partial charge in [-0.3, -0.25) is 4.79 Å². The minimum atomic E-state index is -0.265. The quantitative estimate of drug-likeness (QED) is 0.755. The van der Waals surface area contributed by atoms with E-state index in [1.54, 1.807) is 0 Å². The number of carbonyl (C=O) groups is 1. The van der Waals surface area contributed by atoms with Gasteiger partial charge in [-0.05, 0) is 30.6 Å². The van der Waals surface area contributed by atoms with Gasteiger partial charge >= 0.3 is 0 Å². The molecule has 0 bridgehead atoms. The van der Waals surface area contributed by atoms with Crippen molar-refractivity contribution in [2.24, 2.45) is 11.3 Å². The maximum atomic E-state index is 11.7. The Morgan fingerprint density at radius 1 is 1.44 bits per heavy atom. The van der Waals surface area contributed by atoms with Gasteiger partial charge in [-0.1, -0.05) is 27.7 Å². The molecule has 94 valence electrons. The maximum Gasteiger partial charge on any atom is 0.220 e. The highest BCUT2D eigenvalue weighted by atomic mass is 16.3. The minimum absolute atomic E-state index is 0.0758. The van der Waals surface area contributed by atoms with Gasteiger partial charge < -0.3 is 10.4 Å². The summed E-state index contributed by atoms with van der Waals surface area (Å²) in [5.74, 6) is 0.484. The Morgan fingerprint density at radius 3 is 2.38 bits per heavy atom. The van der Waals surface area contributed by atoms with Crippen LogP contribution in [0.25, 0.3) is 0 Å². The number of rotatable bonds is 5. The molecule has 1 rings (SSSR count). The summed E-state index contributed by atoms with van der Waals surface area (Å²) < 4.78 is 0. The van der Waals surface area contributed by atoms with Crippen LogP contribution in [0.4, 0.5) is 0 Å². The van der Waals surface area contributed by atoms with Crippen molar-refractivity contribution in [1.29, 1.82) is 0 Å². The Labute approximate surface area is 98.6 Å². The number of hydrogen-bond donors (Lipinski definition) is 2. The molecular formula is C13H25NO2. The topological polar surface area (TPSA) is 49.3 Å². The lowest BCUT2D eigenvalue weighted by Gasteiger charge is -2.23. The van der Waals surface area contributed by atoms with Crippen LogP contribution >= 0.6 is 0 Å². The monoisotopic (exact) mass is 227 g/mol. The summed E-state index contributed by atoms with van der Waals surface area (Å²) in [4.78, 5) is 11.7. The molecule has 0 saturated heterocycles. The van der Waals surface area contributed by atoms with E-state index in [-0.39, 0.29) is 23.5 Å². The zero-order chi connectivity index (χ0) is 12.4. The molecule has 3 heteroatoms. The molecule has 0 aromatic carbocycles. The largest absolute Gasteiger partial charge is 0.394 e. The number of amides is 1. The predicted octanol–water partition coefficient (Wildman–Crippen LogP) is 2.09. The van der Waals surface area contributed by atoms with Gasteiger partial charge in [-0.25, -0.2) is 0 Å². The van der Waals surface area contributed by atoms with Crippen molar-refractivity contribution in [1.82, 2.24) is 5.32 Å². The normalized spacial score (nSPS) is 20.3. The van der Waals surface area contributed by atoms with Gasteiger partial charge in [0, 0.05) is 6.42 Å². The van der Waals surface area contributed by atoms with E-state index in [0.29, 0.717) is 12.3 Å². The first-order chi connectivity index (χ1) is 7.26. The average molecular weight is 227 g/mol. The number of nitrogens with one attached hydrogen (secondary N) is 1. The number of aliphatic hydroxyl groups is 1. The fraction of sp³-hybridized carbons (Fsp3) is 0.923. The second kappa shape index (κ2) is 4.74. The Balaban J connectivity index is 2.29. The van der Waals surface area contributed by atoms with E-state index in [1.165, 1.54) is 0 Å². The number of aliphatic hydroxyl groups excluding tert-OH is 1. The van der Waals surface area contributed by atoms with Crippen molar-refractivity contribution in [2.75, 3.05) is 6.61 Å². The van der Waals surface area contributed by atoms with Crippen LogP contribution in [0.15, 0.2) is 0 Å². The first-order valence-corrected chi connectivity index (χ1v) is 6.18. The summed E-state index contributed by atoms with van der Waals surface area (Å²) in [5, 5.41) is 12.1. The zero-order valence-corrected chi connectivity index (χ0v) is 11.0. The molecule has 1 unspecified atom stereocenters. The van der Waals surface area contributed by atoms with E-state index < -0.39 is 0 Å². The highest BCUT2D eigenvalue weighted by Gasteiger charge is 2.43. The third-order valence-electron chi connectivity index (χ3n) is 3.06. The lowest BCUT2D eigenvalue weighted by atomic mass is 9.84. The van der Waals surface area contributed by atoms with Gasteiger partial charge in [0.2, 0.25) is 5.91 Å². The third-order valence-corrected chi connectivity index (χ3v) is 3.06. The Kier molecular flexibility index (Phi) is 4.00. The molecule has 1 atom stereocenters. The highest BCUT2D eigenvalue weighted by Crippen LogP contribution is 2.35. The molecule has 0 aliphatic heterocycles. The Morgan fingerprint density at radius 2 is 2.00 bits per heavy atom. The standard InChI is InChI=1S/C13H25NO2/c1-10(8-12(2,3)4)7-11(16)14-13(9-15)5-6-13/h10,15H,5-9H2,1-4H3,(H,14,16). The van der Waals surface area contributed by atoms with Crippen LogP contribution in [0, 0.1) is 11.3 Å². The van der Waals surface area contributed by atoms with E-state index in [4.69, 9.17) is 5.11 Å². The van der Waals surface area contributed by atoms with Gasteiger partial charge in [0.15, 0.2) is 0 Å². The molecule has 2 N–H and O–H groups in total. The van der Waals surface area contributed by atoms with Crippen LogP contribution in [0.1, 0.15) is 53.4 Å². The average Bonchev–Trinajstić information content (AvgIpc) is 2.81. The van der Waals surface area contributed by atoms with Gasteiger partial charge in [-0.15, -0.1) is 0 Å². The molecule has 1 fully saturated rings. The summed E-state index contributed by atoms with van der Waals surface area (Å²) in [6, 6.07) is 0. The van der Waals surface area contributed by atoms with Crippen LogP contribution < -0.4 is 5.32 Å². The zero-order valence-electron chi connectivity index (χ0n) is 11.0. The van der Waals surface area contributed by atoms with Crippen LogP contribution in [0.2, 0.25) is 0 Å². The molecule has 16 heavy (non-hydrogen) atoms. The molecule has 1 aliphatic rings. The van der Waals surface area contributed by atoms with Gasteiger partial charge in [0.1, 0.15) is 0 Å². The summed E-state index contributed by atoms with van der Waals surface area (Å²) >= 11 is 0. The summed E-state index contributed by atoms with van der Waals surface area (Å²) in [6.45, 7) is 8.77. The first-order valence-electron chi connectivity index (χ1n) is 6.18. The number of carbonyl (C=O) groups excluding carboxylic acids is 1. The smallest absolute Gasteiger partial charge is 0.220 e. The molecule has 1 amide bonds.